The molecule has 0 heterocycles. The molecule has 5 heteroatoms. The molecule has 208 valence electrons. The Bertz CT molecular complexity index is 1500. The predicted octanol–water partition coefficient (Wildman–Crippen LogP) is 8.05. The van der Waals surface area contributed by atoms with E-state index >= 15 is 4.39 Å². The van der Waals surface area contributed by atoms with E-state index in [-0.39, 0.29) is 28.5 Å². The quantitative estimate of drug-likeness (QED) is 0.285. The van der Waals surface area contributed by atoms with E-state index in [0.717, 1.165) is 61.0 Å². The molecule has 0 N–H and O–H groups in total. The van der Waals surface area contributed by atoms with E-state index in [1.807, 2.05) is 18.2 Å². The van der Waals surface area contributed by atoms with E-state index in [1.165, 1.54) is 29.9 Å². The number of hydrogen-bond acceptors (Lipinski definition) is 4. The number of methoxy groups -OCH3 is 2. The normalized spacial score (nSPS) is 22.4. The smallest absolute Gasteiger partial charge is 0.309 e. The molecule has 1 spiro atoms. The molecule has 0 radical (unpaired) electrons. The minimum atomic E-state index is -0.268. The summed E-state index contributed by atoms with van der Waals surface area (Å²) in [6.07, 6.45) is 8.23. The molecular formula is C35H37FO4. The van der Waals surface area contributed by atoms with Crippen molar-refractivity contribution in [1.82, 2.24) is 0 Å². The lowest BCUT2D eigenvalue weighted by Gasteiger charge is -2.46. The number of hydrogen-bond donors (Lipinski definition) is 0. The number of esters is 1. The SMILES string of the molecule is COC(=O)[C@H]1CC[C@@]12CCc1ccc(OCc3ccc(-c4cc(OC)ccc4F)c(C4=CCCC4(C)C)c3)cc12. The number of halogens is 1. The second-order valence-corrected chi connectivity index (χ2v) is 12.1. The Labute approximate surface area is 236 Å². The molecule has 1 saturated carbocycles. The van der Waals surface area contributed by atoms with Crippen molar-refractivity contribution >= 4 is 11.5 Å². The topological polar surface area (TPSA) is 44.8 Å². The van der Waals surface area contributed by atoms with Gasteiger partial charge in [0.1, 0.15) is 23.9 Å². The Morgan fingerprint density at radius 2 is 1.75 bits per heavy atom. The summed E-state index contributed by atoms with van der Waals surface area (Å²) in [6.45, 7) is 4.90. The number of benzene rings is 3. The number of allylic oxidation sites excluding steroid dienone is 2. The average Bonchev–Trinajstić information content (AvgIpc) is 3.51. The van der Waals surface area contributed by atoms with Crippen LogP contribution in [0.1, 0.15) is 68.2 Å². The molecule has 1 fully saturated rings. The van der Waals surface area contributed by atoms with Gasteiger partial charge >= 0.3 is 5.97 Å². The third-order valence-corrected chi connectivity index (χ3v) is 9.58. The fourth-order valence-electron chi connectivity index (χ4n) is 7.17. The number of carbonyl (C=O) groups excluding carboxylic acids is 1. The van der Waals surface area contributed by atoms with Gasteiger partial charge in [-0.3, -0.25) is 4.79 Å². The molecule has 3 aliphatic carbocycles. The molecule has 3 aromatic carbocycles. The van der Waals surface area contributed by atoms with Crippen LogP contribution in [0.4, 0.5) is 4.39 Å². The zero-order valence-electron chi connectivity index (χ0n) is 23.8. The Kier molecular flexibility index (Phi) is 6.72. The molecule has 0 bridgehead atoms. The molecule has 3 aromatic rings. The number of ether oxygens (including phenoxy) is 3. The van der Waals surface area contributed by atoms with Gasteiger partial charge in [0.25, 0.3) is 0 Å². The Hall–Kier alpha value is -3.60. The number of fused-ring (bicyclic) bond motifs is 2. The van der Waals surface area contributed by atoms with E-state index in [2.05, 4.69) is 38.1 Å². The van der Waals surface area contributed by atoms with Crippen LogP contribution >= 0.6 is 0 Å². The zero-order chi connectivity index (χ0) is 28.1. The van der Waals surface area contributed by atoms with E-state index < -0.39 is 0 Å². The lowest BCUT2D eigenvalue weighted by molar-refractivity contribution is -0.153. The van der Waals surface area contributed by atoms with Crippen LogP contribution in [-0.2, 0) is 28.0 Å². The van der Waals surface area contributed by atoms with E-state index in [9.17, 15) is 4.79 Å². The average molecular weight is 541 g/mol. The van der Waals surface area contributed by atoms with Crippen LogP contribution in [0.3, 0.4) is 0 Å². The highest BCUT2D eigenvalue weighted by atomic mass is 19.1. The van der Waals surface area contributed by atoms with Crippen molar-refractivity contribution in [3.63, 3.8) is 0 Å². The van der Waals surface area contributed by atoms with E-state index in [0.29, 0.717) is 17.9 Å². The van der Waals surface area contributed by atoms with Gasteiger partial charge in [-0.05, 0) is 114 Å². The first-order valence-corrected chi connectivity index (χ1v) is 14.3. The Morgan fingerprint density at radius 3 is 2.45 bits per heavy atom. The number of rotatable bonds is 7. The van der Waals surface area contributed by atoms with Crippen LogP contribution in [0, 0.1) is 17.2 Å². The standard InChI is InChI=1S/C35H37FO4/c1-34(2)15-5-6-29(34)27-18-22(7-11-26(27)28-19-24(38-3)10-12-32(28)36)21-40-25-9-8-23-13-16-35(31(23)20-25)17-14-30(35)33(37)39-4/h6-12,18-20,30H,5,13-17,21H2,1-4H3/t30-,35+/m1/s1. The van der Waals surface area contributed by atoms with Crippen molar-refractivity contribution in [1.29, 1.82) is 0 Å². The van der Waals surface area contributed by atoms with Gasteiger partial charge in [0, 0.05) is 11.0 Å². The van der Waals surface area contributed by atoms with Crippen LogP contribution in [0.25, 0.3) is 16.7 Å². The first kappa shape index (κ1) is 26.6. The Morgan fingerprint density at radius 1 is 0.925 bits per heavy atom. The maximum Gasteiger partial charge on any atom is 0.309 e. The summed E-state index contributed by atoms with van der Waals surface area (Å²) in [5, 5.41) is 0. The van der Waals surface area contributed by atoms with Gasteiger partial charge < -0.3 is 14.2 Å². The second kappa shape index (κ2) is 10.1. The Balaban J connectivity index is 1.31. The summed E-state index contributed by atoms with van der Waals surface area (Å²) in [5.74, 6) is 1.000. The first-order valence-electron chi connectivity index (χ1n) is 14.3. The lowest BCUT2D eigenvalue weighted by atomic mass is 9.57. The van der Waals surface area contributed by atoms with Crippen LogP contribution in [0.15, 0.2) is 60.7 Å². The van der Waals surface area contributed by atoms with Crippen molar-refractivity contribution in [2.75, 3.05) is 14.2 Å². The van der Waals surface area contributed by atoms with Crippen LogP contribution < -0.4 is 9.47 Å². The van der Waals surface area contributed by atoms with Crippen molar-refractivity contribution in [3.8, 4) is 22.6 Å². The summed E-state index contributed by atoms with van der Waals surface area (Å²) in [5.41, 5.74) is 7.14. The van der Waals surface area contributed by atoms with Crippen molar-refractivity contribution in [3.05, 3.63) is 88.7 Å². The maximum atomic E-state index is 15.1. The highest BCUT2D eigenvalue weighted by Crippen LogP contribution is 2.57. The van der Waals surface area contributed by atoms with Gasteiger partial charge in [0.15, 0.2) is 0 Å². The van der Waals surface area contributed by atoms with Crippen molar-refractivity contribution < 1.29 is 23.4 Å². The molecule has 2 atom stereocenters. The minimum absolute atomic E-state index is 0.00315. The van der Waals surface area contributed by atoms with Gasteiger partial charge in [0.2, 0.25) is 0 Å². The predicted molar refractivity (Wildman–Crippen MR) is 155 cm³/mol. The summed E-state index contributed by atoms with van der Waals surface area (Å²) >= 11 is 0. The van der Waals surface area contributed by atoms with Crippen LogP contribution in [-0.4, -0.2) is 20.2 Å². The molecule has 3 aliphatic rings. The van der Waals surface area contributed by atoms with Crippen LogP contribution in [0.2, 0.25) is 0 Å². The van der Waals surface area contributed by atoms with Gasteiger partial charge in [0.05, 0.1) is 20.1 Å². The fourth-order valence-corrected chi connectivity index (χ4v) is 7.17. The minimum Gasteiger partial charge on any atom is -0.497 e. The highest BCUT2D eigenvalue weighted by Gasteiger charge is 2.55. The molecule has 6 rings (SSSR count). The summed E-state index contributed by atoms with van der Waals surface area (Å²) in [6, 6.07) is 17.4. The number of carbonyl (C=O) groups is 1. The van der Waals surface area contributed by atoms with Crippen molar-refractivity contribution in [2.24, 2.45) is 11.3 Å². The van der Waals surface area contributed by atoms with Gasteiger partial charge in [-0.25, -0.2) is 4.39 Å². The molecule has 40 heavy (non-hydrogen) atoms. The summed E-state index contributed by atoms with van der Waals surface area (Å²) in [7, 11) is 3.08. The zero-order valence-corrected chi connectivity index (χ0v) is 23.8. The van der Waals surface area contributed by atoms with Gasteiger partial charge in [-0.15, -0.1) is 0 Å². The third-order valence-electron chi connectivity index (χ3n) is 9.58. The maximum absolute atomic E-state index is 15.1. The van der Waals surface area contributed by atoms with E-state index in [4.69, 9.17) is 14.2 Å². The number of aryl methyl sites for hydroxylation is 1. The molecule has 0 saturated heterocycles. The fraction of sp³-hybridized carbons (Fsp3) is 0.400. The molecule has 0 aliphatic heterocycles. The first-order chi connectivity index (χ1) is 19.3. The molecule has 0 aromatic heterocycles. The molecular weight excluding hydrogens is 503 g/mol. The molecule has 4 nitrogen and oxygen atoms in total. The molecule has 0 amide bonds. The molecule has 0 unspecified atom stereocenters. The van der Waals surface area contributed by atoms with Crippen molar-refractivity contribution in [2.45, 2.75) is 64.4 Å². The second-order valence-electron chi connectivity index (χ2n) is 12.1. The van der Waals surface area contributed by atoms with Gasteiger partial charge in [-0.2, -0.15) is 0 Å². The largest absolute Gasteiger partial charge is 0.497 e. The highest BCUT2D eigenvalue weighted by molar-refractivity contribution is 5.85. The third kappa shape index (κ3) is 4.40. The van der Waals surface area contributed by atoms with E-state index in [1.54, 1.807) is 19.2 Å². The summed E-state index contributed by atoms with van der Waals surface area (Å²) < 4.78 is 32.0. The monoisotopic (exact) mass is 540 g/mol. The van der Waals surface area contributed by atoms with Gasteiger partial charge in [-0.1, -0.05) is 38.1 Å². The van der Waals surface area contributed by atoms with Crippen LogP contribution in [0.5, 0.6) is 11.5 Å². The lowest BCUT2D eigenvalue weighted by Crippen LogP contribution is -2.47. The summed E-state index contributed by atoms with van der Waals surface area (Å²) in [4.78, 5) is 12.4.